The second kappa shape index (κ2) is 5.66. The molecule has 0 aromatic heterocycles. The van der Waals surface area contributed by atoms with Gasteiger partial charge in [-0.3, -0.25) is 0 Å². The van der Waals surface area contributed by atoms with Crippen LogP contribution in [0, 0.1) is 5.92 Å². The Balaban J connectivity index is 2.59. The summed E-state index contributed by atoms with van der Waals surface area (Å²) in [5.41, 5.74) is -0.431. The van der Waals surface area contributed by atoms with E-state index in [1.54, 1.807) is 0 Å². The van der Waals surface area contributed by atoms with Gasteiger partial charge in [0.2, 0.25) is 10.0 Å². The number of piperidine rings is 1. The Labute approximate surface area is 115 Å². The fourth-order valence-corrected chi connectivity index (χ4v) is 3.19. The van der Waals surface area contributed by atoms with Gasteiger partial charge in [-0.15, -0.1) is 0 Å². The van der Waals surface area contributed by atoms with E-state index in [-0.39, 0.29) is 5.92 Å². The highest BCUT2D eigenvalue weighted by Gasteiger charge is 2.31. The summed E-state index contributed by atoms with van der Waals surface area (Å²) < 4.78 is 24.3. The van der Waals surface area contributed by atoms with Gasteiger partial charge in [0.25, 0.3) is 0 Å². The van der Waals surface area contributed by atoms with Crippen LogP contribution in [0.4, 0.5) is 4.79 Å². The fraction of sp³-hybridized carbons (Fsp3) is 0.917. The molecule has 1 N–H and O–H groups in total. The molecule has 0 aromatic carbocycles. The highest BCUT2D eigenvalue weighted by molar-refractivity contribution is 7.88. The smallest absolute Gasteiger partial charge is 0.407 e. The van der Waals surface area contributed by atoms with E-state index < -0.39 is 21.7 Å². The number of carboxylic acid groups (broad SMARTS) is 1. The van der Waals surface area contributed by atoms with E-state index in [1.807, 2.05) is 20.8 Å². The van der Waals surface area contributed by atoms with E-state index in [2.05, 4.69) is 0 Å². The van der Waals surface area contributed by atoms with Crippen molar-refractivity contribution in [1.29, 1.82) is 0 Å². The van der Waals surface area contributed by atoms with Crippen LogP contribution < -0.4 is 0 Å². The molecule has 0 atom stereocenters. The summed E-state index contributed by atoms with van der Waals surface area (Å²) in [6.45, 7) is 7.05. The second-order valence-corrected chi connectivity index (χ2v) is 8.15. The zero-order valence-corrected chi connectivity index (χ0v) is 12.9. The average molecular weight is 292 g/mol. The lowest BCUT2D eigenvalue weighted by Gasteiger charge is -2.38. The molecule has 1 rings (SSSR count). The Morgan fingerprint density at radius 3 is 2.11 bits per heavy atom. The minimum Gasteiger partial charge on any atom is -0.465 e. The Morgan fingerprint density at radius 1 is 1.32 bits per heavy atom. The molecule has 1 aliphatic heterocycles. The fourth-order valence-electron chi connectivity index (χ4n) is 2.32. The van der Waals surface area contributed by atoms with Gasteiger partial charge >= 0.3 is 6.09 Å². The summed E-state index contributed by atoms with van der Waals surface area (Å²) in [4.78, 5) is 12.7. The maximum absolute atomic E-state index is 11.4. The van der Waals surface area contributed by atoms with Crippen LogP contribution in [0.15, 0.2) is 0 Å². The lowest BCUT2D eigenvalue weighted by Crippen LogP contribution is -2.49. The first-order valence-corrected chi connectivity index (χ1v) is 8.32. The molecule has 0 aromatic rings. The quantitative estimate of drug-likeness (QED) is 0.853. The van der Waals surface area contributed by atoms with Crippen LogP contribution in [0.5, 0.6) is 0 Å². The SMILES string of the molecule is CC(C)(C)N(CC1CCN(S(C)(=O)=O)CC1)C(=O)O. The van der Waals surface area contributed by atoms with Gasteiger partial charge < -0.3 is 10.0 Å². The van der Waals surface area contributed by atoms with Crippen molar-refractivity contribution in [1.82, 2.24) is 9.21 Å². The molecular formula is C12H24N2O4S. The van der Waals surface area contributed by atoms with Crippen molar-refractivity contribution in [2.75, 3.05) is 25.9 Å². The number of carbonyl (C=O) groups is 1. The molecule has 0 saturated carbocycles. The van der Waals surface area contributed by atoms with Crippen LogP contribution in [0.25, 0.3) is 0 Å². The number of hydrogen-bond acceptors (Lipinski definition) is 3. The summed E-state index contributed by atoms with van der Waals surface area (Å²) >= 11 is 0. The summed E-state index contributed by atoms with van der Waals surface area (Å²) in [5, 5.41) is 9.24. The molecule has 1 heterocycles. The Bertz CT molecular complexity index is 420. The van der Waals surface area contributed by atoms with E-state index in [0.717, 1.165) is 0 Å². The molecular weight excluding hydrogens is 268 g/mol. The van der Waals surface area contributed by atoms with Crippen LogP contribution in [0.2, 0.25) is 0 Å². The molecule has 19 heavy (non-hydrogen) atoms. The van der Waals surface area contributed by atoms with E-state index in [4.69, 9.17) is 0 Å². The van der Waals surface area contributed by atoms with Crippen LogP contribution >= 0.6 is 0 Å². The third-order valence-corrected chi connectivity index (χ3v) is 4.83. The molecule has 0 bridgehead atoms. The van der Waals surface area contributed by atoms with Gasteiger partial charge in [-0.05, 0) is 39.5 Å². The van der Waals surface area contributed by atoms with Crippen molar-refractivity contribution in [2.24, 2.45) is 5.92 Å². The summed E-state index contributed by atoms with van der Waals surface area (Å²) in [5.74, 6) is 0.230. The number of hydrogen-bond donors (Lipinski definition) is 1. The maximum atomic E-state index is 11.4. The van der Waals surface area contributed by atoms with Crippen molar-refractivity contribution in [2.45, 2.75) is 39.2 Å². The molecule has 1 saturated heterocycles. The average Bonchev–Trinajstić information content (AvgIpc) is 2.23. The summed E-state index contributed by atoms with van der Waals surface area (Å²) in [6, 6.07) is 0. The first kappa shape index (κ1) is 16.2. The van der Waals surface area contributed by atoms with Crippen molar-refractivity contribution in [3.05, 3.63) is 0 Å². The van der Waals surface area contributed by atoms with Gasteiger partial charge in [-0.25, -0.2) is 17.5 Å². The predicted molar refractivity (Wildman–Crippen MR) is 73.6 cm³/mol. The van der Waals surface area contributed by atoms with Crippen molar-refractivity contribution in [3.63, 3.8) is 0 Å². The number of rotatable bonds is 3. The Morgan fingerprint density at radius 2 is 1.79 bits per heavy atom. The minimum absolute atomic E-state index is 0.230. The molecule has 0 spiro atoms. The van der Waals surface area contributed by atoms with Gasteiger partial charge in [0.05, 0.1) is 6.26 Å². The monoisotopic (exact) mass is 292 g/mol. The molecule has 1 fully saturated rings. The van der Waals surface area contributed by atoms with E-state index in [0.29, 0.717) is 32.5 Å². The van der Waals surface area contributed by atoms with Crippen molar-refractivity contribution in [3.8, 4) is 0 Å². The number of amides is 1. The van der Waals surface area contributed by atoms with E-state index >= 15 is 0 Å². The number of nitrogens with zero attached hydrogens (tertiary/aromatic N) is 2. The zero-order chi connectivity index (χ0) is 14.8. The van der Waals surface area contributed by atoms with Crippen molar-refractivity contribution >= 4 is 16.1 Å². The minimum atomic E-state index is -3.12. The molecule has 6 nitrogen and oxygen atoms in total. The van der Waals surface area contributed by atoms with Gasteiger partial charge in [-0.1, -0.05) is 0 Å². The molecule has 0 unspecified atom stereocenters. The first-order valence-electron chi connectivity index (χ1n) is 6.47. The largest absolute Gasteiger partial charge is 0.465 e. The van der Waals surface area contributed by atoms with Gasteiger partial charge in [0.1, 0.15) is 0 Å². The van der Waals surface area contributed by atoms with Crippen LogP contribution in [0.3, 0.4) is 0 Å². The lowest BCUT2D eigenvalue weighted by molar-refractivity contribution is 0.0805. The molecule has 112 valence electrons. The lowest BCUT2D eigenvalue weighted by atomic mass is 9.95. The molecule has 1 aliphatic rings. The third kappa shape index (κ3) is 4.65. The topological polar surface area (TPSA) is 77.9 Å². The van der Waals surface area contributed by atoms with E-state index in [1.165, 1.54) is 15.5 Å². The summed E-state index contributed by atoms with van der Waals surface area (Å²) in [6.07, 6.45) is 1.73. The molecule has 0 radical (unpaired) electrons. The number of sulfonamides is 1. The van der Waals surface area contributed by atoms with Gasteiger partial charge in [0.15, 0.2) is 0 Å². The Kier molecular flexibility index (Phi) is 4.84. The molecule has 7 heteroatoms. The van der Waals surface area contributed by atoms with Gasteiger partial charge in [0, 0.05) is 25.2 Å². The van der Waals surface area contributed by atoms with E-state index in [9.17, 15) is 18.3 Å². The maximum Gasteiger partial charge on any atom is 0.407 e. The summed E-state index contributed by atoms with van der Waals surface area (Å²) in [7, 11) is -3.12. The molecule has 0 aliphatic carbocycles. The highest BCUT2D eigenvalue weighted by Crippen LogP contribution is 2.23. The van der Waals surface area contributed by atoms with Crippen molar-refractivity contribution < 1.29 is 18.3 Å². The van der Waals surface area contributed by atoms with Crippen LogP contribution in [-0.2, 0) is 10.0 Å². The first-order chi connectivity index (χ1) is 8.51. The highest BCUT2D eigenvalue weighted by atomic mass is 32.2. The Hall–Kier alpha value is -0.820. The van der Waals surface area contributed by atoms with Crippen LogP contribution in [0.1, 0.15) is 33.6 Å². The van der Waals surface area contributed by atoms with Gasteiger partial charge in [-0.2, -0.15) is 0 Å². The predicted octanol–water partition coefficient (Wildman–Crippen LogP) is 1.44. The zero-order valence-electron chi connectivity index (χ0n) is 12.1. The third-order valence-electron chi connectivity index (χ3n) is 3.52. The standard InChI is InChI=1S/C12H24N2O4S/c1-12(2,3)14(11(15)16)9-10-5-7-13(8-6-10)19(4,17)18/h10H,5-9H2,1-4H3,(H,15,16). The van der Waals surface area contributed by atoms with Crippen LogP contribution in [-0.4, -0.2) is 60.3 Å². The normalized spacial score (nSPS) is 19.4. The second-order valence-electron chi connectivity index (χ2n) is 6.17. The molecule has 1 amide bonds.